The lowest BCUT2D eigenvalue weighted by Gasteiger charge is -2.54. The van der Waals surface area contributed by atoms with E-state index in [-0.39, 0.29) is 0 Å². The van der Waals surface area contributed by atoms with Crippen molar-refractivity contribution in [2.45, 2.75) is 83.3 Å². The van der Waals surface area contributed by atoms with Gasteiger partial charge < -0.3 is 5.32 Å². The van der Waals surface area contributed by atoms with Crippen molar-refractivity contribution in [1.29, 1.82) is 0 Å². The smallest absolute Gasteiger partial charge is 0.0309 e. The monoisotopic (exact) mass is 264 g/mol. The van der Waals surface area contributed by atoms with Gasteiger partial charge in [0.1, 0.15) is 0 Å². The molecule has 0 aromatic rings. The van der Waals surface area contributed by atoms with E-state index >= 15 is 0 Å². The Balaban J connectivity index is 1.81. The maximum absolute atomic E-state index is 3.95. The first kappa shape index (κ1) is 13.9. The van der Waals surface area contributed by atoms with Gasteiger partial charge in [-0.15, -0.1) is 0 Å². The Morgan fingerprint density at radius 2 is 1.79 bits per heavy atom. The van der Waals surface area contributed by atoms with E-state index in [0.29, 0.717) is 11.1 Å². The highest BCUT2D eigenvalue weighted by Gasteiger charge is 2.50. The minimum atomic E-state index is 0.409. The van der Waals surface area contributed by atoms with Gasteiger partial charge in [-0.25, -0.2) is 0 Å². The van der Waals surface area contributed by atoms with Crippen LogP contribution in [0.15, 0.2) is 0 Å². The summed E-state index contributed by atoms with van der Waals surface area (Å²) in [7, 11) is 0. The lowest BCUT2D eigenvalue weighted by molar-refractivity contribution is -0.0268. The van der Waals surface area contributed by atoms with Crippen LogP contribution in [0, 0.1) is 11.8 Å². The zero-order chi connectivity index (χ0) is 13.7. The molecule has 0 aromatic carbocycles. The van der Waals surface area contributed by atoms with Gasteiger partial charge in [0, 0.05) is 30.2 Å². The van der Waals surface area contributed by atoms with Crippen LogP contribution < -0.4 is 5.32 Å². The first-order chi connectivity index (χ1) is 8.95. The van der Waals surface area contributed by atoms with Crippen molar-refractivity contribution in [1.82, 2.24) is 10.2 Å². The zero-order valence-electron chi connectivity index (χ0n) is 13.3. The van der Waals surface area contributed by atoms with Crippen molar-refractivity contribution in [3.8, 4) is 0 Å². The molecule has 2 heteroatoms. The molecule has 2 saturated carbocycles. The summed E-state index contributed by atoms with van der Waals surface area (Å²) >= 11 is 0. The van der Waals surface area contributed by atoms with Crippen LogP contribution >= 0.6 is 0 Å². The van der Waals surface area contributed by atoms with Crippen molar-refractivity contribution < 1.29 is 0 Å². The summed E-state index contributed by atoms with van der Waals surface area (Å²) in [6, 6.07) is 0.724. The topological polar surface area (TPSA) is 15.3 Å². The van der Waals surface area contributed by atoms with Crippen LogP contribution in [0.25, 0.3) is 0 Å². The lowest BCUT2D eigenvalue weighted by Crippen LogP contribution is -2.69. The van der Waals surface area contributed by atoms with Crippen LogP contribution in [0.4, 0.5) is 0 Å². The largest absolute Gasteiger partial charge is 0.308 e. The highest BCUT2D eigenvalue weighted by Crippen LogP contribution is 2.46. The molecule has 1 atom stereocenters. The number of piperazine rings is 1. The molecule has 1 unspecified atom stereocenters. The van der Waals surface area contributed by atoms with Crippen LogP contribution in [-0.2, 0) is 0 Å². The van der Waals surface area contributed by atoms with Crippen LogP contribution in [0.3, 0.4) is 0 Å². The molecule has 19 heavy (non-hydrogen) atoms. The molecule has 1 saturated heterocycles. The Kier molecular flexibility index (Phi) is 3.46. The van der Waals surface area contributed by atoms with E-state index in [9.17, 15) is 0 Å². The van der Waals surface area contributed by atoms with Crippen molar-refractivity contribution in [2.75, 3.05) is 13.1 Å². The molecule has 3 aliphatic rings. The van der Waals surface area contributed by atoms with Gasteiger partial charge in [-0.3, -0.25) is 4.90 Å². The standard InChI is InChI=1S/C17H32N2/c1-13(2)15-11-18-17(9-5-6-10-17)12-19(15)16(3,4)14-7-8-14/h13-15,18H,5-12H2,1-4H3. The van der Waals surface area contributed by atoms with Crippen LogP contribution in [0.5, 0.6) is 0 Å². The second kappa shape index (κ2) is 4.73. The first-order valence-corrected chi connectivity index (χ1v) is 8.46. The summed E-state index contributed by atoms with van der Waals surface area (Å²) in [5.41, 5.74) is 0.865. The normalized spacial score (nSPS) is 32.4. The lowest BCUT2D eigenvalue weighted by atomic mass is 9.83. The van der Waals surface area contributed by atoms with Crippen molar-refractivity contribution >= 4 is 0 Å². The van der Waals surface area contributed by atoms with E-state index in [1.807, 2.05) is 0 Å². The summed E-state index contributed by atoms with van der Waals surface area (Å²) in [5.74, 6) is 1.70. The fourth-order valence-corrected chi connectivity index (χ4v) is 4.57. The van der Waals surface area contributed by atoms with Crippen LogP contribution in [0.2, 0.25) is 0 Å². The van der Waals surface area contributed by atoms with Gasteiger partial charge in [-0.05, 0) is 51.4 Å². The van der Waals surface area contributed by atoms with E-state index in [0.717, 1.165) is 17.9 Å². The Bertz CT molecular complexity index is 324. The quantitative estimate of drug-likeness (QED) is 0.840. The van der Waals surface area contributed by atoms with Gasteiger partial charge >= 0.3 is 0 Å². The van der Waals surface area contributed by atoms with Gasteiger partial charge in [0.05, 0.1) is 0 Å². The van der Waals surface area contributed by atoms with Gasteiger partial charge in [0.2, 0.25) is 0 Å². The molecule has 2 aliphatic carbocycles. The highest BCUT2D eigenvalue weighted by atomic mass is 15.3. The summed E-state index contributed by atoms with van der Waals surface area (Å²) in [6.07, 6.45) is 8.56. The highest BCUT2D eigenvalue weighted by molar-refractivity contribution is 5.07. The van der Waals surface area contributed by atoms with Gasteiger partial charge in [0.25, 0.3) is 0 Å². The summed E-state index contributed by atoms with van der Waals surface area (Å²) in [5, 5.41) is 3.95. The number of hydrogen-bond acceptors (Lipinski definition) is 2. The predicted molar refractivity (Wildman–Crippen MR) is 81.3 cm³/mol. The van der Waals surface area contributed by atoms with Gasteiger partial charge in [-0.1, -0.05) is 26.7 Å². The van der Waals surface area contributed by atoms with Crippen molar-refractivity contribution in [2.24, 2.45) is 11.8 Å². The average Bonchev–Trinajstić information content (AvgIpc) is 3.13. The van der Waals surface area contributed by atoms with E-state index < -0.39 is 0 Å². The molecule has 3 rings (SSSR count). The average molecular weight is 264 g/mol. The molecule has 1 spiro atoms. The first-order valence-electron chi connectivity index (χ1n) is 8.46. The van der Waals surface area contributed by atoms with Crippen LogP contribution in [-0.4, -0.2) is 35.1 Å². The second-order valence-corrected chi connectivity index (χ2v) is 8.24. The minimum absolute atomic E-state index is 0.409. The summed E-state index contributed by atoms with van der Waals surface area (Å²) < 4.78 is 0. The Morgan fingerprint density at radius 1 is 1.16 bits per heavy atom. The number of hydrogen-bond donors (Lipinski definition) is 1. The van der Waals surface area contributed by atoms with E-state index in [1.54, 1.807) is 0 Å². The number of nitrogens with one attached hydrogen (secondary N) is 1. The molecule has 1 N–H and O–H groups in total. The number of nitrogens with zero attached hydrogens (tertiary/aromatic N) is 1. The van der Waals surface area contributed by atoms with Gasteiger partial charge in [-0.2, -0.15) is 0 Å². The molecule has 0 amide bonds. The Morgan fingerprint density at radius 3 is 2.32 bits per heavy atom. The van der Waals surface area contributed by atoms with Crippen molar-refractivity contribution in [3.05, 3.63) is 0 Å². The zero-order valence-corrected chi connectivity index (χ0v) is 13.3. The Hall–Kier alpha value is -0.0800. The van der Waals surface area contributed by atoms with E-state index in [4.69, 9.17) is 0 Å². The molecule has 0 bridgehead atoms. The van der Waals surface area contributed by atoms with Gasteiger partial charge in [0.15, 0.2) is 0 Å². The minimum Gasteiger partial charge on any atom is -0.308 e. The molecule has 0 aromatic heterocycles. The van der Waals surface area contributed by atoms with Crippen LogP contribution in [0.1, 0.15) is 66.2 Å². The second-order valence-electron chi connectivity index (χ2n) is 8.24. The molecule has 1 heterocycles. The molecule has 0 radical (unpaired) electrons. The molecule has 1 aliphatic heterocycles. The fourth-order valence-electron chi connectivity index (χ4n) is 4.57. The third-order valence-electron chi connectivity index (χ3n) is 6.21. The molecule has 110 valence electrons. The molecular weight excluding hydrogens is 232 g/mol. The molecular formula is C17H32N2. The summed E-state index contributed by atoms with van der Waals surface area (Å²) in [6.45, 7) is 12.3. The third-order valence-corrected chi connectivity index (χ3v) is 6.21. The predicted octanol–water partition coefficient (Wildman–Crippen LogP) is 3.42. The summed E-state index contributed by atoms with van der Waals surface area (Å²) in [4.78, 5) is 2.90. The fraction of sp³-hybridized carbons (Fsp3) is 1.00. The maximum Gasteiger partial charge on any atom is 0.0309 e. The Labute approximate surface area is 119 Å². The van der Waals surface area contributed by atoms with E-state index in [2.05, 4.69) is 37.9 Å². The SMILES string of the molecule is CC(C)C1CNC2(CCCC2)CN1C(C)(C)C1CC1. The van der Waals surface area contributed by atoms with Crippen molar-refractivity contribution in [3.63, 3.8) is 0 Å². The molecule has 2 nitrogen and oxygen atoms in total. The molecule has 3 fully saturated rings. The number of rotatable bonds is 3. The maximum atomic E-state index is 3.95. The third kappa shape index (κ3) is 2.47. The van der Waals surface area contributed by atoms with E-state index in [1.165, 1.54) is 51.6 Å².